The summed E-state index contributed by atoms with van der Waals surface area (Å²) in [5, 5.41) is 0.778. The van der Waals surface area contributed by atoms with Gasteiger partial charge in [-0.05, 0) is 110 Å². The Morgan fingerprint density at radius 1 is 0.629 bits per heavy atom. The van der Waals surface area contributed by atoms with Gasteiger partial charge in [0.05, 0.1) is 0 Å². The fraction of sp³-hybridized carbons (Fsp3) is 0.688. The predicted octanol–water partition coefficient (Wildman–Crippen LogP) is 10.4. The minimum Gasteiger partial charge on any atom is -0.0921 e. The Bertz CT molecular complexity index is 521. The van der Waals surface area contributed by atoms with E-state index in [1.54, 1.807) is 5.92 Å². The van der Waals surface area contributed by atoms with E-state index < -0.39 is 0 Å². The molecule has 4 aliphatic carbocycles. The maximum atomic E-state index is 2.58. The normalized spacial score (nSPS) is 24.9. The second kappa shape index (κ2) is 15.2. The van der Waals surface area contributed by atoms with Crippen LogP contribution in [0, 0.1) is 62.9 Å². The van der Waals surface area contributed by atoms with E-state index in [1.807, 2.05) is 37.8 Å². The van der Waals surface area contributed by atoms with Crippen molar-refractivity contribution in [2.75, 3.05) is 0 Å². The van der Waals surface area contributed by atoms with Gasteiger partial charge in [-0.3, -0.25) is 0 Å². The van der Waals surface area contributed by atoms with Gasteiger partial charge in [0.2, 0.25) is 0 Å². The van der Waals surface area contributed by atoms with Crippen LogP contribution in [0.3, 0.4) is 0 Å². The molecule has 0 nitrogen and oxygen atoms in total. The van der Waals surface area contributed by atoms with Crippen molar-refractivity contribution >= 4 is 15.8 Å². The molecule has 0 N–H and O–H groups in total. The van der Waals surface area contributed by atoms with E-state index in [2.05, 4.69) is 67.7 Å². The Kier molecular flexibility index (Phi) is 14.2. The molecular weight excluding hydrogens is 502 g/mol. The molecule has 4 fully saturated rings. The van der Waals surface area contributed by atoms with Crippen LogP contribution in [-0.4, -0.2) is 27.3 Å². The summed E-state index contributed by atoms with van der Waals surface area (Å²) in [6.45, 7) is 17.5. The van der Waals surface area contributed by atoms with Crippen LogP contribution in [0.25, 0.3) is 0 Å². The zero-order valence-corrected chi connectivity index (χ0v) is 26.6. The predicted molar refractivity (Wildman–Crippen MR) is 157 cm³/mol. The Balaban J connectivity index is 0.000000640. The molecule has 4 saturated carbocycles. The molecule has 4 aliphatic rings. The summed E-state index contributed by atoms with van der Waals surface area (Å²) < 4.78 is 0. The quantitative estimate of drug-likeness (QED) is 0.234. The maximum Gasteiger partial charge on any atom is 2.00 e. The van der Waals surface area contributed by atoms with E-state index >= 15 is 0 Å². The summed E-state index contributed by atoms with van der Waals surface area (Å²) in [5.41, 5.74) is 4.55. The van der Waals surface area contributed by atoms with Gasteiger partial charge in [0.25, 0.3) is 0 Å². The summed E-state index contributed by atoms with van der Waals surface area (Å²) >= 11 is 0. The third-order valence-electron chi connectivity index (χ3n) is 7.88. The minimum absolute atomic E-state index is 0. The molecule has 0 heterocycles. The molecule has 0 aliphatic heterocycles. The van der Waals surface area contributed by atoms with Crippen molar-refractivity contribution in [1.82, 2.24) is 0 Å². The van der Waals surface area contributed by atoms with Crippen LogP contribution in [-0.2, 0) is 17.1 Å². The van der Waals surface area contributed by atoms with Crippen LogP contribution in [0.15, 0.2) is 0 Å². The average Bonchev–Trinajstić information content (AvgIpc) is 3.49. The van der Waals surface area contributed by atoms with Gasteiger partial charge in [-0.25, -0.2) is 0 Å². The number of hydrogen-bond donors (Lipinski definition) is 0. The fourth-order valence-corrected chi connectivity index (χ4v) is 16.0. The first-order chi connectivity index (χ1) is 16.1. The molecule has 0 aromatic rings. The molecular formula is C32H52FeP2+2. The first-order valence-corrected chi connectivity index (χ1v) is 17.0. The summed E-state index contributed by atoms with van der Waals surface area (Å²) in [6.07, 6.45) is 32.5. The van der Waals surface area contributed by atoms with Crippen molar-refractivity contribution < 1.29 is 17.1 Å². The zero-order chi connectivity index (χ0) is 24.8. The molecule has 196 valence electrons. The largest absolute Gasteiger partial charge is 2.00 e. The SMILES string of the molecule is C[C@@H]([C]1[CH][CH][CH][C]1P(C1CCCCC1)C1CCCCC1)P(C(C)(C)C)C(C)(C)C.[CH]1[CH][CH][CH][CH]1.[Fe+2]. The Morgan fingerprint density at radius 2 is 1.03 bits per heavy atom. The summed E-state index contributed by atoms with van der Waals surface area (Å²) in [7, 11) is -0.114. The van der Waals surface area contributed by atoms with Gasteiger partial charge in [0, 0.05) is 5.66 Å². The summed E-state index contributed by atoms with van der Waals surface area (Å²) in [5.74, 6) is 1.75. The van der Waals surface area contributed by atoms with Gasteiger partial charge in [0.15, 0.2) is 0 Å². The molecule has 35 heavy (non-hydrogen) atoms. The maximum absolute atomic E-state index is 2.58. The molecule has 4 rings (SSSR count). The smallest absolute Gasteiger partial charge is 0.0921 e. The first kappa shape index (κ1) is 32.6. The Hall–Kier alpha value is 1.38. The second-order valence-electron chi connectivity index (χ2n) is 12.7. The van der Waals surface area contributed by atoms with Crippen LogP contribution in [0.5, 0.6) is 0 Å². The van der Waals surface area contributed by atoms with E-state index in [4.69, 9.17) is 0 Å². The van der Waals surface area contributed by atoms with E-state index in [0.29, 0.717) is 16.0 Å². The molecule has 0 aromatic heterocycles. The average molecular weight is 555 g/mol. The van der Waals surface area contributed by atoms with E-state index in [-0.39, 0.29) is 32.9 Å². The van der Waals surface area contributed by atoms with E-state index in [1.165, 1.54) is 64.2 Å². The summed E-state index contributed by atoms with van der Waals surface area (Å²) in [6, 6.07) is 0. The van der Waals surface area contributed by atoms with Gasteiger partial charge < -0.3 is 0 Å². The molecule has 0 saturated heterocycles. The van der Waals surface area contributed by atoms with Gasteiger partial charge >= 0.3 is 17.1 Å². The van der Waals surface area contributed by atoms with Crippen molar-refractivity contribution in [3.05, 3.63) is 62.9 Å². The molecule has 1 atom stereocenters. The van der Waals surface area contributed by atoms with E-state index in [0.717, 1.165) is 11.3 Å². The molecule has 0 spiro atoms. The van der Waals surface area contributed by atoms with Crippen LogP contribution in [0.4, 0.5) is 0 Å². The van der Waals surface area contributed by atoms with Gasteiger partial charge in [-0.2, -0.15) is 0 Å². The number of hydrogen-bond acceptors (Lipinski definition) is 0. The molecule has 0 amide bonds. The third-order valence-corrected chi connectivity index (χ3v) is 15.4. The van der Waals surface area contributed by atoms with Crippen molar-refractivity contribution in [1.29, 1.82) is 0 Å². The molecule has 3 heteroatoms. The molecule has 0 bridgehead atoms. The molecule has 0 unspecified atom stereocenters. The zero-order valence-electron chi connectivity index (χ0n) is 23.7. The molecule has 0 aromatic carbocycles. The minimum atomic E-state index is -0.120. The molecule has 10 radical (unpaired) electrons. The van der Waals surface area contributed by atoms with Crippen molar-refractivity contribution in [3.8, 4) is 0 Å². The Labute approximate surface area is 235 Å². The third kappa shape index (κ3) is 9.51. The topological polar surface area (TPSA) is 0 Å². The van der Waals surface area contributed by atoms with Gasteiger partial charge in [-0.1, -0.05) is 103 Å². The van der Waals surface area contributed by atoms with Crippen LogP contribution < -0.4 is 0 Å². The second-order valence-corrected chi connectivity index (χ2v) is 19.7. The van der Waals surface area contributed by atoms with Crippen LogP contribution in [0.1, 0.15) is 113 Å². The van der Waals surface area contributed by atoms with Crippen LogP contribution >= 0.6 is 15.8 Å². The standard InChI is InChI=1S/C27H47P2.C5H5.Fe/c1-21(29(26(2,3)4)27(5,6)7)24-19-14-20-25(24)28(22-15-10-8-11-16-22)23-17-12-9-13-18-23;1-2-4-5-3-1;/h14,19-23H,8-13,15-18H2,1-7H3;1-5H;/q;;+2/t21-;;/m0../s1. The first-order valence-electron chi connectivity index (χ1n) is 14.1. The van der Waals surface area contributed by atoms with E-state index in [9.17, 15) is 0 Å². The van der Waals surface area contributed by atoms with Crippen LogP contribution in [0.2, 0.25) is 0 Å². The van der Waals surface area contributed by atoms with Gasteiger partial charge in [0.1, 0.15) is 0 Å². The Morgan fingerprint density at radius 3 is 1.40 bits per heavy atom. The van der Waals surface area contributed by atoms with Crippen molar-refractivity contribution in [2.45, 2.75) is 140 Å². The number of rotatable bonds is 5. The van der Waals surface area contributed by atoms with Gasteiger partial charge in [-0.15, -0.1) is 0 Å². The summed E-state index contributed by atoms with van der Waals surface area (Å²) in [4.78, 5) is 0. The van der Waals surface area contributed by atoms with Crippen molar-refractivity contribution in [3.63, 3.8) is 0 Å². The van der Waals surface area contributed by atoms with Crippen molar-refractivity contribution in [2.24, 2.45) is 0 Å². The fourth-order valence-electron chi connectivity index (χ4n) is 7.05. The monoisotopic (exact) mass is 554 g/mol.